The highest BCUT2D eigenvalue weighted by atomic mass is 14.5. The van der Waals surface area contributed by atoms with Gasteiger partial charge in [0.2, 0.25) is 0 Å². The molecule has 6 bridgehead atoms. The Hall–Kier alpha value is 0. The van der Waals surface area contributed by atoms with Crippen LogP contribution in [0, 0.1) is 140 Å². The van der Waals surface area contributed by atoms with Gasteiger partial charge in [-0.15, -0.1) is 0 Å². The first-order valence-electron chi connectivity index (χ1n) is 40.8. The van der Waals surface area contributed by atoms with Crippen LogP contribution in [0.5, 0.6) is 0 Å². The van der Waals surface area contributed by atoms with Crippen LogP contribution in [0.15, 0.2) is 0 Å². The molecule has 10 unspecified atom stereocenters. The summed E-state index contributed by atoms with van der Waals surface area (Å²) in [6.07, 6.45) is 59.4. The molecule has 13 rings (SSSR count). The van der Waals surface area contributed by atoms with Gasteiger partial charge in [0.25, 0.3) is 0 Å². The Morgan fingerprint density at radius 2 is 0.736 bits per heavy atom. The molecule has 13 aliphatic rings. The van der Waals surface area contributed by atoms with E-state index in [0.29, 0.717) is 21.7 Å². The second-order valence-electron chi connectivity index (χ2n) is 38.6. The van der Waals surface area contributed by atoms with Crippen LogP contribution in [-0.2, 0) is 0 Å². The van der Waals surface area contributed by atoms with E-state index in [4.69, 9.17) is 0 Å². The van der Waals surface area contributed by atoms with Crippen molar-refractivity contribution >= 4 is 0 Å². The molecular weight excluding hydrogens is 1040 g/mol. The zero-order chi connectivity index (χ0) is 64.8. The zero-order valence-electron chi connectivity index (χ0n) is 64.8. The Kier molecular flexibility index (Phi) is 35.2. The van der Waals surface area contributed by atoms with Crippen molar-refractivity contribution in [3.63, 3.8) is 0 Å². The van der Waals surface area contributed by atoms with Crippen LogP contribution in [0.3, 0.4) is 0 Å². The van der Waals surface area contributed by atoms with Gasteiger partial charge in [-0.25, -0.2) is 0 Å². The normalized spacial score (nSPS) is 39.3. The fraction of sp³-hybridized carbons (Fsp3) is 1.00. The van der Waals surface area contributed by atoms with E-state index in [1.54, 1.807) is 32.1 Å². The third-order valence-corrected chi connectivity index (χ3v) is 30.3. The summed E-state index contributed by atoms with van der Waals surface area (Å²) in [4.78, 5) is 0. The van der Waals surface area contributed by atoms with Gasteiger partial charge >= 0.3 is 0 Å². The third kappa shape index (κ3) is 27.3. The van der Waals surface area contributed by atoms with Crippen molar-refractivity contribution in [3.8, 4) is 0 Å². The van der Waals surface area contributed by atoms with Gasteiger partial charge in [0.1, 0.15) is 0 Å². The van der Waals surface area contributed by atoms with E-state index in [-0.39, 0.29) is 0 Å². The van der Waals surface area contributed by atoms with Gasteiger partial charge in [-0.2, -0.15) is 0 Å². The van der Waals surface area contributed by atoms with E-state index in [9.17, 15) is 0 Å². The third-order valence-electron chi connectivity index (χ3n) is 30.3. The lowest BCUT2D eigenvalue weighted by Gasteiger charge is -2.47. The monoisotopic (exact) mass is 1210 g/mol. The van der Waals surface area contributed by atoms with Crippen molar-refractivity contribution < 1.29 is 0 Å². The average molecular weight is 1210 g/mol. The minimum atomic E-state index is 0.571. The Bertz CT molecular complexity index is 1680. The fourth-order valence-electron chi connectivity index (χ4n) is 20.3. The van der Waals surface area contributed by atoms with Crippen molar-refractivity contribution in [2.75, 3.05) is 0 Å². The molecule has 13 fully saturated rings. The Morgan fingerprint density at radius 1 is 0.287 bits per heavy atom. The van der Waals surface area contributed by atoms with Crippen LogP contribution in [0.25, 0.3) is 0 Å². The molecule has 0 spiro atoms. The second-order valence-corrected chi connectivity index (χ2v) is 38.6. The quantitative estimate of drug-likeness (QED) is 0.259. The molecule has 87 heavy (non-hydrogen) atoms. The molecule has 0 radical (unpaired) electrons. The van der Waals surface area contributed by atoms with Gasteiger partial charge in [0, 0.05) is 0 Å². The van der Waals surface area contributed by atoms with E-state index >= 15 is 0 Å². The number of fused-ring (bicyclic) bond motifs is 6. The van der Waals surface area contributed by atoms with Crippen LogP contribution in [0.1, 0.15) is 416 Å². The standard InChI is InChI=1S/C11H22.2C9H16.3C9H18.C8H14.2C8H16.C7H14/c1-9-10(2,3)7-6-8-11(9,4)5;1-7-5-8-3-4-9(7,2)6-8;1-6-7(2)9-4-3-8(6)5-9;1-8-4-6-9(2,3)7-5-8;1-8-6-4-5-7-9(8,2)3;1-7-5-4-6-8(2)9(7)3;1-6-4-7-2-3-8(6)5-7;1-7-5-3-4-6-8(7)2;1-2-8-6-4-3-5-7-8;1-2-7-5-3-4-6-7/h9H,6-8H2,1-5H3;7-8H,3-6H2,1-2H3;6-9H,3-5H2,1-2H3;2*8H,4-7H2,1-3H3;7-9H,4-6H2,1-3H3;6-8H,2-5H2,1H3;7-8H,3-6H2,1-2H3;8H,2-7H2,1H3;7H,2-6H2,1H3/t;7-,8?,9?;6-,7?,8?,9?;;8-;;6-,7?,8?;7-,8?;;/m.00.1.01../s1. The summed E-state index contributed by atoms with van der Waals surface area (Å²) in [5.74, 6) is 19.8. The second kappa shape index (κ2) is 38.5. The Labute approximate surface area is 552 Å². The molecule has 0 aromatic heterocycles. The Balaban J connectivity index is 0.000000207. The minimum Gasteiger partial charge on any atom is -0.0651 e. The topological polar surface area (TPSA) is 0 Å². The number of rotatable bonds is 2. The zero-order valence-corrected chi connectivity index (χ0v) is 64.8. The average Bonchev–Trinajstić information content (AvgIpc) is 2.21. The highest BCUT2D eigenvalue weighted by molar-refractivity contribution is 4.97. The van der Waals surface area contributed by atoms with Crippen LogP contribution in [0.4, 0.5) is 0 Å². The predicted octanol–water partition coefficient (Wildman–Crippen LogP) is 29.7. The van der Waals surface area contributed by atoms with Gasteiger partial charge in [0.05, 0.1) is 0 Å². The van der Waals surface area contributed by atoms with Crippen LogP contribution < -0.4 is 0 Å². The molecule has 0 N–H and O–H groups in total. The van der Waals surface area contributed by atoms with Gasteiger partial charge in [0.15, 0.2) is 0 Å². The molecular formula is C87H168. The van der Waals surface area contributed by atoms with Crippen LogP contribution in [0.2, 0.25) is 0 Å². The summed E-state index contributed by atoms with van der Waals surface area (Å²) in [5, 5.41) is 0. The largest absolute Gasteiger partial charge is 0.0651 e. The molecule has 0 aromatic rings. The number of hydrogen-bond acceptors (Lipinski definition) is 0. The first-order valence-corrected chi connectivity index (χ1v) is 40.8. The lowest BCUT2D eigenvalue weighted by atomic mass is 9.58. The van der Waals surface area contributed by atoms with Gasteiger partial charge in [-0.1, -0.05) is 320 Å². The van der Waals surface area contributed by atoms with Crippen molar-refractivity contribution in [1.82, 2.24) is 0 Å². The van der Waals surface area contributed by atoms with E-state index < -0.39 is 0 Å². The predicted molar refractivity (Wildman–Crippen MR) is 394 cm³/mol. The highest BCUT2D eigenvalue weighted by Gasteiger charge is 2.46. The number of hydrogen-bond donors (Lipinski definition) is 0. The maximum atomic E-state index is 2.48. The van der Waals surface area contributed by atoms with Gasteiger partial charge in [-0.05, 0) is 236 Å². The molecule has 0 aromatic carbocycles. The van der Waals surface area contributed by atoms with Crippen molar-refractivity contribution in [1.29, 1.82) is 0 Å². The van der Waals surface area contributed by atoms with Crippen molar-refractivity contribution in [3.05, 3.63) is 0 Å². The van der Waals surface area contributed by atoms with E-state index in [2.05, 4.69) is 159 Å². The summed E-state index contributed by atoms with van der Waals surface area (Å²) in [6, 6.07) is 0. The summed E-state index contributed by atoms with van der Waals surface area (Å²) < 4.78 is 0. The van der Waals surface area contributed by atoms with E-state index in [1.807, 2.05) is 0 Å². The summed E-state index contributed by atoms with van der Waals surface area (Å²) >= 11 is 0. The van der Waals surface area contributed by atoms with Crippen LogP contribution in [-0.4, -0.2) is 0 Å². The lowest BCUT2D eigenvalue weighted by Crippen LogP contribution is -2.38. The first-order chi connectivity index (χ1) is 40.8. The summed E-state index contributed by atoms with van der Waals surface area (Å²) in [6.45, 7) is 55.2. The van der Waals surface area contributed by atoms with Crippen LogP contribution >= 0.6 is 0 Å². The summed E-state index contributed by atoms with van der Waals surface area (Å²) in [5.41, 5.74) is 3.21. The van der Waals surface area contributed by atoms with E-state index in [0.717, 1.165) is 118 Å². The lowest BCUT2D eigenvalue weighted by molar-refractivity contribution is 0.0286. The molecule has 0 amide bonds. The minimum absolute atomic E-state index is 0.571. The maximum absolute atomic E-state index is 2.48. The van der Waals surface area contributed by atoms with Gasteiger partial charge < -0.3 is 0 Å². The molecule has 15 atom stereocenters. The van der Waals surface area contributed by atoms with Gasteiger partial charge in [-0.3, -0.25) is 0 Å². The smallest absolute Gasteiger partial charge is 0.0297 e. The SMILES string of the molecule is CC1C(C)(C)CCCC1(C)C.CC1C2CCC(C2)[C@H]1C.CC1CCC(C)(C)CC1.CC1CCCC(C)C1C.CC1CCCC[C@H]1C.CCC1CCCC1.CCC1CCCCC1.C[C@@H]1CCCCC1(C)C.C[C@H]1CC2CCC1(C)C2.C[C@H]1CC2CCC1C2. The molecule has 0 saturated heterocycles. The molecule has 0 heteroatoms. The fourth-order valence-corrected chi connectivity index (χ4v) is 20.3. The molecule has 0 nitrogen and oxygen atoms in total. The molecule has 13 saturated carbocycles. The van der Waals surface area contributed by atoms with Crippen molar-refractivity contribution in [2.45, 2.75) is 416 Å². The van der Waals surface area contributed by atoms with E-state index in [1.165, 1.54) is 225 Å². The maximum Gasteiger partial charge on any atom is -0.0297 e. The molecule has 13 aliphatic carbocycles. The summed E-state index contributed by atoms with van der Waals surface area (Å²) in [7, 11) is 0. The highest BCUT2D eigenvalue weighted by Crippen LogP contribution is 2.57. The van der Waals surface area contributed by atoms with Crippen molar-refractivity contribution in [2.24, 2.45) is 140 Å². The molecule has 0 heterocycles. The molecule has 0 aliphatic heterocycles. The molecule has 516 valence electrons. The Morgan fingerprint density at radius 3 is 1.01 bits per heavy atom. The first kappa shape index (κ1) is 79.4.